The van der Waals surface area contributed by atoms with Gasteiger partial charge in [0.2, 0.25) is 0 Å². The maximum Gasteiger partial charge on any atom is 0.283 e. The van der Waals surface area contributed by atoms with Gasteiger partial charge in [-0.3, -0.25) is 9.59 Å². The number of anilines is 2. The van der Waals surface area contributed by atoms with E-state index in [-0.39, 0.29) is 26.5 Å². The maximum atomic E-state index is 12.8. The van der Waals surface area contributed by atoms with E-state index in [1.165, 1.54) is 6.07 Å². The van der Waals surface area contributed by atoms with Gasteiger partial charge in [-0.05, 0) is 30.2 Å². The standard InChI is InChI=1S/C18H13Cl3N2O2/c1-2-10-6-3-4-8-12(10)22-16-15(21)17(24)23(18(16)25)13-9-5-7-11(19)14(13)20/h3-9,22H,2H2,1H3. The normalized spacial score (nSPS) is 14.5. The third-order valence-electron chi connectivity index (χ3n) is 3.86. The van der Waals surface area contributed by atoms with Crippen LogP contribution in [-0.4, -0.2) is 11.8 Å². The first kappa shape index (κ1) is 17.8. The number of hydrogen-bond acceptors (Lipinski definition) is 3. The number of aryl methyl sites for hydroxylation is 1. The first-order chi connectivity index (χ1) is 12.0. The van der Waals surface area contributed by atoms with Crippen molar-refractivity contribution in [2.45, 2.75) is 13.3 Å². The second-order valence-corrected chi connectivity index (χ2v) is 6.51. The quantitative estimate of drug-likeness (QED) is 0.742. The van der Waals surface area contributed by atoms with Crippen molar-refractivity contribution in [2.75, 3.05) is 10.2 Å². The Hall–Kier alpha value is -2.01. The van der Waals surface area contributed by atoms with Crippen LogP contribution in [0.15, 0.2) is 53.2 Å². The fraction of sp³-hybridized carbons (Fsp3) is 0.111. The number of imide groups is 1. The molecule has 7 heteroatoms. The number of carbonyl (C=O) groups excluding carboxylic acids is 2. The topological polar surface area (TPSA) is 49.4 Å². The summed E-state index contributed by atoms with van der Waals surface area (Å²) in [4.78, 5) is 26.2. The van der Waals surface area contributed by atoms with Gasteiger partial charge in [-0.15, -0.1) is 0 Å². The fourth-order valence-electron chi connectivity index (χ4n) is 2.58. The molecule has 0 atom stereocenters. The summed E-state index contributed by atoms with van der Waals surface area (Å²) in [6.07, 6.45) is 0.764. The highest BCUT2D eigenvalue weighted by Crippen LogP contribution is 2.37. The Morgan fingerprint density at radius 1 is 0.960 bits per heavy atom. The second kappa shape index (κ2) is 7.08. The molecule has 0 aliphatic carbocycles. The molecule has 0 fully saturated rings. The zero-order valence-corrected chi connectivity index (χ0v) is 15.4. The van der Waals surface area contributed by atoms with Gasteiger partial charge in [0.05, 0.1) is 15.7 Å². The van der Waals surface area contributed by atoms with E-state index in [1.807, 2.05) is 31.2 Å². The monoisotopic (exact) mass is 394 g/mol. The average molecular weight is 396 g/mol. The minimum absolute atomic E-state index is 0.0172. The Morgan fingerprint density at radius 3 is 2.40 bits per heavy atom. The maximum absolute atomic E-state index is 12.8. The lowest BCUT2D eigenvalue weighted by Gasteiger charge is -2.17. The Balaban J connectivity index is 1.99. The van der Waals surface area contributed by atoms with Crippen LogP contribution in [-0.2, 0) is 16.0 Å². The van der Waals surface area contributed by atoms with E-state index in [4.69, 9.17) is 34.8 Å². The summed E-state index contributed by atoms with van der Waals surface area (Å²) >= 11 is 18.3. The highest BCUT2D eigenvalue weighted by Gasteiger charge is 2.40. The van der Waals surface area contributed by atoms with Crippen LogP contribution >= 0.6 is 34.8 Å². The van der Waals surface area contributed by atoms with Gasteiger partial charge in [-0.25, -0.2) is 4.90 Å². The molecule has 0 saturated carbocycles. The molecule has 0 saturated heterocycles. The van der Waals surface area contributed by atoms with E-state index in [1.54, 1.807) is 12.1 Å². The van der Waals surface area contributed by atoms with Gasteiger partial charge in [0.15, 0.2) is 0 Å². The highest BCUT2D eigenvalue weighted by atomic mass is 35.5. The molecule has 1 heterocycles. The van der Waals surface area contributed by atoms with E-state index in [2.05, 4.69) is 5.32 Å². The van der Waals surface area contributed by atoms with Crippen LogP contribution in [0, 0.1) is 0 Å². The molecule has 25 heavy (non-hydrogen) atoms. The lowest BCUT2D eigenvalue weighted by molar-refractivity contribution is -0.120. The smallest absolute Gasteiger partial charge is 0.283 e. The summed E-state index contributed by atoms with van der Waals surface area (Å²) < 4.78 is 0. The largest absolute Gasteiger partial charge is 0.349 e. The van der Waals surface area contributed by atoms with Crippen LogP contribution in [0.4, 0.5) is 11.4 Å². The van der Waals surface area contributed by atoms with Crippen molar-refractivity contribution >= 4 is 58.0 Å². The van der Waals surface area contributed by atoms with Crippen molar-refractivity contribution in [3.05, 3.63) is 68.8 Å². The van der Waals surface area contributed by atoms with E-state index >= 15 is 0 Å². The molecule has 4 nitrogen and oxygen atoms in total. The van der Waals surface area contributed by atoms with E-state index in [0.29, 0.717) is 0 Å². The summed E-state index contributed by atoms with van der Waals surface area (Å²) in [7, 11) is 0. The van der Waals surface area contributed by atoms with Gasteiger partial charge >= 0.3 is 0 Å². The SMILES string of the molecule is CCc1ccccc1NC1=C(Cl)C(=O)N(c2cccc(Cl)c2Cl)C1=O. The first-order valence-corrected chi connectivity index (χ1v) is 8.66. The first-order valence-electron chi connectivity index (χ1n) is 7.53. The van der Waals surface area contributed by atoms with Crippen LogP contribution in [0.5, 0.6) is 0 Å². The number of halogens is 3. The van der Waals surface area contributed by atoms with Crippen molar-refractivity contribution in [1.82, 2.24) is 0 Å². The fourth-order valence-corrected chi connectivity index (χ4v) is 3.17. The Bertz CT molecular complexity index is 909. The Labute approximate surface area is 160 Å². The summed E-state index contributed by atoms with van der Waals surface area (Å²) in [6, 6.07) is 12.2. The zero-order chi connectivity index (χ0) is 18.1. The molecule has 3 rings (SSSR count). The molecule has 0 aromatic heterocycles. The number of carbonyl (C=O) groups is 2. The predicted molar refractivity (Wildman–Crippen MR) is 101 cm³/mol. The average Bonchev–Trinajstić information content (AvgIpc) is 2.82. The number of nitrogens with one attached hydrogen (secondary N) is 1. The van der Waals surface area contributed by atoms with Crippen molar-refractivity contribution in [3.63, 3.8) is 0 Å². The van der Waals surface area contributed by atoms with Crippen LogP contribution in [0.3, 0.4) is 0 Å². The van der Waals surface area contributed by atoms with Gasteiger partial charge in [-0.1, -0.05) is 66.0 Å². The van der Waals surface area contributed by atoms with Gasteiger partial charge in [0.1, 0.15) is 10.7 Å². The molecule has 2 aromatic rings. The van der Waals surface area contributed by atoms with Crippen molar-refractivity contribution < 1.29 is 9.59 Å². The number of para-hydroxylation sites is 1. The summed E-state index contributed by atoms with van der Waals surface area (Å²) in [5, 5.41) is 3.16. The molecule has 128 valence electrons. The Morgan fingerprint density at radius 2 is 1.68 bits per heavy atom. The molecule has 0 unspecified atom stereocenters. The van der Waals surface area contributed by atoms with Crippen molar-refractivity contribution in [2.24, 2.45) is 0 Å². The van der Waals surface area contributed by atoms with Crippen LogP contribution in [0.25, 0.3) is 0 Å². The number of nitrogens with zero attached hydrogens (tertiary/aromatic N) is 1. The van der Waals surface area contributed by atoms with Gasteiger partial charge < -0.3 is 5.32 Å². The molecule has 2 amide bonds. The van der Waals surface area contributed by atoms with Crippen LogP contribution in [0.2, 0.25) is 10.0 Å². The lowest BCUT2D eigenvalue weighted by atomic mass is 10.1. The highest BCUT2D eigenvalue weighted by molar-refractivity contribution is 6.54. The molecule has 2 aromatic carbocycles. The molecular weight excluding hydrogens is 383 g/mol. The number of rotatable bonds is 4. The predicted octanol–water partition coefficient (Wildman–Crippen LogP) is 4.99. The number of amides is 2. The molecule has 0 bridgehead atoms. The molecule has 1 aliphatic heterocycles. The van der Waals surface area contributed by atoms with E-state index < -0.39 is 11.8 Å². The molecule has 0 spiro atoms. The van der Waals surface area contributed by atoms with E-state index in [9.17, 15) is 9.59 Å². The van der Waals surface area contributed by atoms with Crippen molar-refractivity contribution in [3.8, 4) is 0 Å². The number of benzene rings is 2. The van der Waals surface area contributed by atoms with Gasteiger partial charge in [0, 0.05) is 5.69 Å². The Kier molecular flexibility index (Phi) is 5.04. The van der Waals surface area contributed by atoms with Gasteiger partial charge in [0.25, 0.3) is 11.8 Å². The molecule has 1 aliphatic rings. The summed E-state index contributed by atoms with van der Waals surface area (Å²) in [6.45, 7) is 2.00. The zero-order valence-electron chi connectivity index (χ0n) is 13.1. The van der Waals surface area contributed by atoms with Crippen LogP contribution < -0.4 is 10.2 Å². The minimum atomic E-state index is -0.646. The minimum Gasteiger partial charge on any atom is -0.349 e. The number of hydrogen-bond donors (Lipinski definition) is 1. The lowest BCUT2D eigenvalue weighted by Crippen LogP contribution is -2.32. The molecule has 0 radical (unpaired) electrons. The molecular formula is C18H13Cl3N2O2. The van der Waals surface area contributed by atoms with Crippen molar-refractivity contribution in [1.29, 1.82) is 0 Å². The van der Waals surface area contributed by atoms with Crippen LogP contribution in [0.1, 0.15) is 12.5 Å². The summed E-state index contributed by atoms with van der Waals surface area (Å²) in [5.41, 5.74) is 1.93. The third-order valence-corrected chi connectivity index (χ3v) is 5.02. The second-order valence-electron chi connectivity index (χ2n) is 5.34. The third kappa shape index (κ3) is 3.13. The summed E-state index contributed by atoms with van der Waals surface area (Å²) in [5.74, 6) is -1.22. The van der Waals surface area contributed by atoms with Gasteiger partial charge in [-0.2, -0.15) is 0 Å². The molecule has 1 N–H and O–H groups in total. The van der Waals surface area contributed by atoms with E-state index in [0.717, 1.165) is 22.6 Å².